The first-order valence-corrected chi connectivity index (χ1v) is 3.87. The Labute approximate surface area is 71.1 Å². The van der Waals surface area contributed by atoms with Gasteiger partial charge in [-0.1, -0.05) is 6.92 Å². The molecule has 1 heterocycles. The molecule has 3 heteroatoms. The van der Waals surface area contributed by atoms with Crippen LogP contribution in [0, 0.1) is 0 Å². The maximum atomic E-state index is 11.1. The second kappa shape index (κ2) is 3.53. The number of rotatable bonds is 2. The standard InChI is InChI=1S/C8H9NOS/c1-2-6(10)8-7(11)4-3-5-9-8/h3-5,11H,2H2,1H3. The molecule has 1 aromatic heterocycles. The molecule has 0 atom stereocenters. The van der Waals surface area contributed by atoms with E-state index >= 15 is 0 Å². The summed E-state index contributed by atoms with van der Waals surface area (Å²) < 4.78 is 0. The lowest BCUT2D eigenvalue weighted by molar-refractivity contribution is 0.0980. The molecule has 0 radical (unpaired) electrons. The highest BCUT2D eigenvalue weighted by Crippen LogP contribution is 2.11. The average Bonchev–Trinajstić information content (AvgIpc) is 2.04. The fraction of sp³-hybridized carbons (Fsp3) is 0.250. The predicted octanol–water partition coefficient (Wildman–Crippen LogP) is 1.96. The number of hydrogen-bond donors (Lipinski definition) is 1. The summed E-state index contributed by atoms with van der Waals surface area (Å²) in [6.07, 6.45) is 2.08. The smallest absolute Gasteiger partial charge is 0.182 e. The van der Waals surface area contributed by atoms with Gasteiger partial charge >= 0.3 is 0 Å². The predicted molar refractivity (Wildman–Crippen MR) is 46.1 cm³/mol. The van der Waals surface area contributed by atoms with Gasteiger partial charge in [0, 0.05) is 17.5 Å². The van der Waals surface area contributed by atoms with Gasteiger partial charge in [-0.25, -0.2) is 0 Å². The lowest BCUT2D eigenvalue weighted by atomic mass is 10.2. The van der Waals surface area contributed by atoms with Crippen molar-refractivity contribution in [3.63, 3.8) is 0 Å². The molecule has 0 bridgehead atoms. The molecule has 0 saturated carbocycles. The van der Waals surface area contributed by atoms with Crippen LogP contribution in [0.25, 0.3) is 0 Å². The fourth-order valence-electron chi connectivity index (χ4n) is 0.779. The summed E-state index contributed by atoms with van der Waals surface area (Å²) in [5.41, 5.74) is 0.471. The number of aromatic nitrogens is 1. The van der Waals surface area contributed by atoms with E-state index < -0.39 is 0 Å². The van der Waals surface area contributed by atoms with Crippen molar-refractivity contribution in [2.24, 2.45) is 0 Å². The summed E-state index contributed by atoms with van der Waals surface area (Å²) in [6, 6.07) is 3.52. The number of hydrogen-bond acceptors (Lipinski definition) is 3. The summed E-state index contributed by atoms with van der Waals surface area (Å²) in [4.78, 5) is 15.7. The summed E-state index contributed by atoms with van der Waals surface area (Å²) in [5, 5.41) is 0. The van der Waals surface area contributed by atoms with Crippen LogP contribution in [0.5, 0.6) is 0 Å². The quantitative estimate of drug-likeness (QED) is 0.539. The van der Waals surface area contributed by atoms with Gasteiger partial charge in [-0.15, -0.1) is 12.6 Å². The first-order chi connectivity index (χ1) is 5.25. The third kappa shape index (κ3) is 1.80. The molecular weight excluding hydrogens is 158 g/mol. The van der Waals surface area contributed by atoms with Crippen molar-refractivity contribution in [3.8, 4) is 0 Å². The van der Waals surface area contributed by atoms with Crippen LogP contribution in [0.1, 0.15) is 23.8 Å². The third-order valence-electron chi connectivity index (χ3n) is 1.37. The molecule has 0 spiro atoms. The van der Waals surface area contributed by atoms with Crippen molar-refractivity contribution in [1.82, 2.24) is 4.98 Å². The van der Waals surface area contributed by atoms with E-state index in [-0.39, 0.29) is 5.78 Å². The Kier molecular flexibility index (Phi) is 2.65. The number of carbonyl (C=O) groups excluding carboxylic acids is 1. The molecule has 58 valence electrons. The SMILES string of the molecule is CCC(=O)c1ncccc1S. The van der Waals surface area contributed by atoms with Crippen LogP contribution in [0.4, 0.5) is 0 Å². The number of carbonyl (C=O) groups is 1. The van der Waals surface area contributed by atoms with E-state index in [1.54, 1.807) is 18.3 Å². The Balaban J connectivity index is 3.03. The highest BCUT2D eigenvalue weighted by molar-refractivity contribution is 7.80. The fourth-order valence-corrected chi connectivity index (χ4v) is 1.05. The molecule has 0 fully saturated rings. The molecule has 0 aliphatic heterocycles. The molecule has 11 heavy (non-hydrogen) atoms. The zero-order chi connectivity index (χ0) is 8.27. The number of pyridine rings is 1. The van der Waals surface area contributed by atoms with Gasteiger partial charge in [-0.3, -0.25) is 9.78 Å². The van der Waals surface area contributed by atoms with Gasteiger partial charge in [0.15, 0.2) is 5.78 Å². The molecule has 2 nitrogen and oxygen atoms in total. The van der Waals surface area contributed by atoms with E-state index in [2.05, 4.69) is 17.6 Å². The second-order valence-corrected chi connectivity index (χ2v) is 2.63. The van der Waals surface area contributed by atoms with E-state index in [9.17, 15) is 4.79 Å². The molecule has 1 aromatic rings. The van der Waals surface area contributed by atoms with E-state index in [0.717, 1.165) is 0 Å². The zero-order valence-corrected chi connectivity index (χ0v) is 7.14. The zero-order valence-electron chi connectivity index (χ0n) is 6.24. The van der Waals surface area contributed by atoms with Gasteiger partial charge < -0.3 is 0 Å². The van der Waals surface area contributed by atoms with Crippen LogP contribution in [0.15, 0.2) is 23.2 Å². The largest absolute Gasteiger partial charge is 0.292 e. The number of thiol groups is 1. The highest BCUT2D eigenvalue weighted by atomic mass is 32.1. The monoisotopic (exact) mass is 167 g/mol. The van der Waals surface area contributed by atoms with Crippen molar-refractivity contribution in [2.75, 3.05) is 0 Å². The maximum absolute atomic E-state index is 11.1. The van der Waals surface area contributed by atoms with E-state index in [0.29, 0.717) is 17.0 Å². The average molecular weight is 167 g/mol. The topological polar surface area (TPSA) is 30.0 Å². The molecule has 0 saturated heterocycles. The van der Waals surface area contributed by atoms with Crippen LogP contribution in [0.3, 0.4) is 0 Å². The van der Waals surface area contributed by atoms with Crippen LogP contribution in [-0.4, -0.2) is 10.8 Å². The molecular formula is C8H9NOS. The van der Waals surface area contributed by atoms with Gasteiger partial charge in [0.25, 0.3) is 0 Å². The molecule has 0 N–H and O–H groups in total. The Morgan fingerprint density at radius 3 is 3.00 bits per heavy atom. The first-order valence-electron chi connectivity index (χ1n) is 3.43. The summed E-state index contributed by atoms with van der Waals surface area (Å²) in [7, 11) is 0. The van der Waals surface area contributed by atoms with Crippen LogP contribution >= 0.6 is 12.6 Å². The van der Waals surface area contributed by atoms with Gasteiger partial charge in [0.1, 0.15) is 5.69 Å². The first kappa shape index (κ1) is 8.27. The Morgan fingerprint density at radius 1 is 1.73 bits per heavy atom. The van der Waals surface area contributed by atoms with Gasteiger partial charge in [-0.05, 0) is 12.1 Å². The van der Waals surface area contributed by atoms with Gasteiger partial charge in [0.05, 0.1) is 0 Å². The Hall–Kier alpha value is -0.830. The van der Waals surface area contributed by atoms with Crippen molar-refractivity contribution in [1.29, 1.82) is 0 Å². The van der Waals surface area contributed by atoms with Crippen molar-refractivity contribution >= 4 is 18.4 Å². The second-order valence-electron chi connectivity index (χ2n) is 2.15. The molecule has 0 amide bonds. The molecule has 0 aliphatic rings. The minimum atomic E-state index is 0.0376. The van der Waals surface area contributed by atoms with Gasteiger partial charge in [0.2, 0.25) is 0 Å². The molecule has 0 aliphatic carbocycles. The Bertz CT molecular complexity index is 273. The maximum Gasteiger partial charge on any atom is 0.182 e. The van der Waals surface area contributed by atoms with E-state index in [1.165, 1.54) is 0 Å². The number of Topliss-reactive ketones (excluding diaryl/α,β-unsaturated/α-hetero) is 1. The number of nitrogens with zero attached hydrogens (tertiary/aromatic N) is 1. The highest BCUT2D eigenvalue weighted by Gasteiger charge is 2.06. The molecule has 1 rings (SSSR count). The van der Waals surface area contributed by atoms with Crippen LogP contribution in [-0.2, 0) is 0 Å². The summed E-state index contributed by atoms with van der Waals surface area (Å²) >= 11 is 4.11. The number of ketones is 1. The molecule has 0 unspecified atom stereocenters. The van der Waals surface area contributed by atoms with Gasteiger partial charge in [-0.2, -0.15) is 0 Å². The van der Waals surface area contributed by atoms with Crippen molar-refractivity contribution in [2.45, 2.75) is 18.2 Å². The normalized spacial score (nSPS) is 9.64. The van der Waals surface area contributed by atoms with Crippen molar-refractivity contribution in [3.05, 3.63) is 24.0 Å². The summed E-state index contributed by atoms with van der Waals surface area (Å²) in [6.45, 7) is 1.81. The minimum absolute atomic E-state index is 0.0376. The van der Waals surface area contributed by atoms with Crippen molar-refractivity contribution < 1.29 is 4.79 Å². The lowest BCUT2D eigenvalue weighted by Crippen LogP contribution is -2.00. The minimum Gasteiger partial charge on any atom is -0.292 e. The van der Waals surface area contributed by atoms with E-state index in [4.69, 9.17) is 0 Å². The van der Waals surface area contributed by atoms with Crippen LogP contribution in [0.2, 0.25) is 0 Å². The third-order valence-corrected chi connectivity index (χ3v) is 1.73. The lowest BCUT2D eigenvalue weighted by Gasteiger charge is -1.98. The molecule has 0 aromatic carbocycles. The Morgan fingerprint density at radius 2 is 2.45 bits per heavy atom. The van der Waals surface area contributed by atoms with Crippen LogP contribution < -0.4 is 0 Å². The van der Waals surface area contributed by atoms with E-state index in [1.807, 2.05) is 6.92 Å². The summed E-state index contributed by atoms with van der Waals surface area (Å²) in [5.74, 6) is 0.0376.